The van der Waals surface area contributed by atoms with Crippen molar-refractivity contribution < 1.29 is 27.8 Å². The summed E-state index contributed by atoms with van der Waals surface area (Å²) in [6, 6.07) is 7.91. The number of hydrogen-bond acceptors (Lipinski definition) is 4. The van der Waals surface area contributed by atoms with Crippen molar-refractivity contribution in [2.24, 2.45) is 5.92 Å². The SMILES string of the molecule is Cc1cc(C(=O)COC(=O)C2CCC2)c(C)n1-c1ccc(OC(F)F)cc1. The standard InChI is InChI=1S/C20H21F2NO4/c1-12-10-17(18(24)11-26-19(25)14-4-3-5-14)13(2)23(12)15-6-8-16(9-7-15)27-20(21)22/h6-10,14,20H,3-5,11H2,1-2H3. The van der Waals surface area contributed by atoms with Crippen LogP contribution in [0.3, 0.4) is 0 Å². The molecule has 0 saturated heterocycles. The molecule has 1 saturated carbocycles. The van der Waals surface area contributed by atoms with Crippen LogP contribution in [0.1, 0.15) is 41.0 Å². The minimum absolute atomic E-state index is 0.0652. The summed E-state index contributed by atoms with van der Waals surface area (Å²) in [6.45, 7) is 0.476. The maximum atomic E-state index is 12.5. The number of hydrogen-bond donors (Lipinski definition) is 0. The number of esters is 1. The minimum atomic E-state index is -2.88. The lowest BCUT2D eigenvalue weighted by Crippen LogP contribution is -2.26. The number of ether oxygens (including phenoxy) is 2. The zero-order valence-electron chi connectivity index (χ0n) is 15.2. The number of benzene rings is 1. The molecule has 0 spiro atoms. The van der Waals surface area contributed by atoms with Crippen LogP contribution in [0.25, 0.3) is 5.69 Å². The van der Waals surface area contributed by atoms with Crippen molar-refractivity contribution in [3.63, 3.8) is 0 Å². The van der Waals surface area contributed by atoms with Crippen LogP contribution >= 0.6 is 0 Å². The lowest BCUT2D eigenvalue weighted by Gasteiger charge is -2.22. The summed E-state index contributed by atoms with van der Waals surface area (Å²) in [5.41, 5.74) is 2.70. The van der Waals surface area contributed by atoms with E-state index in [0.29, 0.717) is 11.3 Å². The number of halogens is 2. The van der Waals surface area contributed by atoms with Gasteiger partial charge in [0.05, 0.1) is 5.92 Å². The number of Topliss-reactive ketones (excluding diaryl/α,β-unsaturated/α-hetero) is 1. The maximum Gasteiger partial charge on any atom is 0.387 e. The van der Waals surface area contributed by atoms with Gasteiger partial charge >= 0.3 is 12.6 Å². The molecule has 1 aromatic carbocycles. The first-order chi connectivity index (χ1) is 12.9. The largest absolute Gasteiger partial charge is 0.457 e. The van der Waals surface area contributed by atoms with Gasteiger partial charge in [-0.25, -0.2) is 0 Å². The molecule has 1 fully saturated rings. The van der Waals surface area contributed by atoms with Gasteiger partial charge in [0.15, 0.2) is 6.61 Å². The van der Waals surface area contributed by atoms with Crippen LogP contribution in [0, 0.1) is 19.8 Å². The first-order valence-electron chi connectivity index (χ1n) is 8.81. The molecule has 7 heteroatoms. The second kappa shape index (κ2) is 7.90. The van der Waals surface area contributed by atoms with E-state index >= 15 is 0 Å². The van der Waals surface area contributed by atoms with E-state index in [1.54, 1.807) is 25.1 Å². The fraction of sp³-hybridized carbons (Fsp3) is 0.400. The van der Waals surface area contributed by atoms with Crippen LogP contribution in [0.4, 0.5) is 8.78 Å². The Balaban J connectivity index is 1.73. The van der Waals surface area contributed by atoms with Crippen LogP contribution in [-0.2, 0) is 9.53 Å². The normalized spacial score (nSPS) is 14.1. The van der Waals surface area contributed by atoms with E-state index in [0.717, 1.165) is 30.6 Å². The summed E-state index contributed by atoms with van der Waals surface area (Å²) in [4.78, 5) is 24.3. The highest BCUT2D eigenvalue weighted by Crippen LogP contribution is 2.28. The number of carbonyl (C=O) groups is 2. The van der Waals surface area contributed by atoms with Gasteiger partial charge in [-0.15, -0.1) is 0 Å². The summed E-state index contributed by atoms with van der Waals surface area (Å²) in [5.74, 6) is -0.577. The van der Waals surface area contributed by atoms with E-state index in [1.165, 1.54) is 12.1 Å². The van der Waals surface area contributed by atoms with Gasteiger partial charge in [0.2, 0.25) is 5.78 Å². The Labute approximate surface area is 155 Å². The van der Waals surface area contributed by atoms with Crippen molar-refractivity contribution in [2.75, 3.05) is 6.61 Å². The second-order valence-corrected chi connectivity index (χ2v) is 6.65. The van der Waals surface area contributed by atoms with Crippen molar-refractivity contribution in [1.82, 2.24) is 4.57 Å². The van der Waals surface area contributed by atoms with Crippen LogP contribution < -0.4 is 4.74 Å². The third-order valence-corrected chi connectivity index (χ3v) is 4.84. The molecule has 0 aliphatic heterocycles. The number of rotatable bonds is 7. The molecule has 1 heterocycles. The molecule has 5 nitrogen and oxygen atoms in total. The molecule has 0 amide bonds. The van der Waals surface area contributed by atoms with E-state index in [1.807, 2.05) is 11.5 Å². The monoisotopic (exact) mass is 377 g/mol. The Hall–Kier alpha value is -2.70. The van der Waals surface area contributed by atoms with Gasteiger partial charge < -0.3 is 14.0 Å². The number of carbonyl (C=O) groups excluding carboxylic acids is 2. The van der Waals surface area contributed by atoms with E-state index in [4.69, 9.17) is 4.74 Å². The number of ketones is 1. The lowest BCUT2D eigenvalue weighted by atomic mass is 9.86. The minimum Gasteiger partial charge on any atom is -0.457 e. The van der Waals surface area contributed by atoms with Crippen molar-refractivity contribution in [3.05, 3.63) is 47.3 Å². The van der Waals surface area contributed by atoms with Gasteiger partial charge in [0.25, 0.3) is 0 Å². The van der Waals surface area contributed by atoms with Gasteiger partial charge in [-0.1, -0.05) is 6.42 Å². The summed E-state index contributed by atoms with van der Waals surface area (Å²) < 4.78 is 35.9. The van der Waals surface area contributed by atoms with Gasteiger partial charge in [0.1, 0.15) is 5.75 Å². The van der Waals surface area contributed by atoms with Gasteiger partial charge in [0, 0.05) is 22.6 Å². The van der Waals surface area contributed by atoms with Crippen LogP contribution in [0.5, 0.6) is 5.75 Å². The van der Waals surface area contributed by atoms with Crippen molar-refractivity contribution in [2.45, 2.75) is 39.7 Å². The van der Waals surface area contributed by atoms with Crippen LogP contribution in [0.15, 0.2) is 30.3 Å². The first kappa shape index (κ1) is 19.1. The average Bonchev–Trinajstić information content (AvgIpc) is 2.86. The molecular weight excluding hydrogens is 356 g/mol. The Morgan fingerprint density at radius 1 is 1.19 bits per heavy atom. The third-order valence-electron chi connectivity index (χ3n) is 4.84. The predicted molar refractivity (Wildman–Crippen MR) is 94.5 cm³/mol. The van der Waals surface area contributed by atoms with Gasteiger partial charge in [-0.05, 0) is 57.0 Å². The Morgan fingerprint density at radius 3 is 2.41 bits per heavy atom. The summed E-state index contributed by atoms with van der Waals surface area (Å²) in [6.07, 6.45) is 2.68. The second-order valence-electron chi connectivity index (χ2n) is 6.65. The van der Waals surface area contributed by atoms with E-state index in [2.05, 4.69) is 4.74 Å². The molecule has 0 atom stereocenters. The van der Waals surface area contributed by atoms with Gasteiger partial charge in [-0.3, -0.25) is 9.59 Å². The summed E-state index contributed by atoms with van der Waals surface area (Å²) in [5, 5.41) is 0. The lowest BCUT2D eigenvalue weighted by molar-refractivity contribution is -0.150. The number of alkyl halides is 2. The topological polar surface area (TPSA) is 57.5 Å². The average molecular weight is 377 g/mol. The smallest absolute Gasteiger partial charge is 0.387 e. The van der Waals surface area contributed by atoms with Crippen LogP contribution in [0.2, 0.25) is 0 Å². The molecule has 0 radical (unpaired) electrons. The van der Waals surface area contributed by atoms with Crippen molar-refractivity contribution >= 4 is 11.8 Å². The fourth-order valence-electron chi connectivity index (χ4n) is 3.20. The molecule has 0 bridgehead atoms. The zero-order valence-corrected chi connectivity index (χ0v) is 15.2. The molecule has 1 aliphatic rings. The maximum absolute atomic E-state index is 12.5. The molecule has 144 valence electrons. The molecular formula is C20H21F2NO4. The Morgan fingerprint density at radius 2 is 1.85 bits per heavy atom. The molecule has 0 unspecified atom stereocenters. The molecule has 2 aromatic rings. The molecule has 27 heavy (non-hydrogen) atoms. The molecule has 1 aliphatic carbocycles. The number of aromatic nitrogens is 1. The van der Waals surface area contributed by atoms with Crippen molar-refractivity contribution in [3.8, 4) is 11.4 Å². The molecule has 1 aromatic heterocycles. The Kier molecular flexibility index (Phi) is 5.58. The quantitative estimate of drug-likeness (QED) is 0.535. The van der Waals surface area contributed by atoms with E-state index in [9.17, 15) is 18.4 Å². The highest BCUT2D eigenvalue weighted by molar-refractivity contribution is 5.99. The van der Waals surface area contributed by atoms with Gasteiger partial charge in [-0.2, -0.15) is 8.78 Å². The molecule has 0 N–H and O–H groups in total. The first-order valence-corrected chi connectivity index (χ1v) is 8.81. The molecule has 3 rings (SSSR count). The highest BCUT2D eigenvalue weighted by Gasteiger charge is 2.27. The predicted octanol–water partition coefficient (Wildman–Crippen LogP) is 4.22. The third kappa shape index (κ3) is 4.18. The summed E-state index contributed by atoms with van der Waals surface area (Å²) >= 11 is 0. The highest BCUT2D eigenvalue weighted by atomic mass is 19.3. The Bertz CT molecular complexity index is 838. The number of aryl methyl sites for hydroxylation is 1. The number of nitrogens with zero attached hydrogens (tertiary/aromatic N) is 1. The summed E-state index contributed by atoms with van der Waals surface area (Å²) in [7, 11) is 0. The van der Waals surface area contributed by atoms with Crippen LogP contribution in [-0.4, -0.2) is 29.5 Å². The van der Waals surface area contributed by atoms with E-state index < -0.39 is 6.61 Å². The fourth-order valence-corrected chi connectivity index (χ4v) is 3.20. The van der Waals surface area contributed by atoms with Crippen molar-refractivity contribution in [1.29, 1.82) is 0 Å². The van der Waals surface area contributed by atoms with E-state index in [-0.39, 0.29) is 30.0 Å². The zero-order chi connectivity index (χ0) is 19.6.